The second kappa shape index (κ2) is 5.13. The van der Waals surface area contributed by atoms with Gasteiger partial charge in [-0.1, -0.05) is 48.5 Å². The van der Waals surface area contributed by atoms with Crippen molar-refractivity contribution in [3.63, 3.8) is 0 Å². The predicted molar refractivity (Wildman–Crippen MR) is 82.7 cm³/mol. The molecule has 0 aromatic heterocycles. The first kappa shape index (κ1) is 13.5. The van der Waals surface area contributed by atoms with Crippen LogP contribution in [0.25, 0.3) is 0 Å². The Morgan fingerprint density at radius 2 is 1.33 bits per heavy atom. The minimum absolute atomic E-state index is 0.0223. The van der Waals surface area contributed by atoms with Crippen LogP contribution in [-0.2, 0) is 6.42 Å². The van der Waals surface area contributed by atoms with Crippen molar-refractivity contribution in [1.29, 1.82) is 0 Å². The molecular formula is C19H16O2. The fraction of sp³-hybridized carbons (Fsp3) is 0.158. The van der Waals surface area contributed by atoms with Crippen LogP contribution in [0.4, 0.5) is 0 Å². The van der Waals surface area contributed by atoms with E-state index in [4.69, 9.17) is 0 Å². The van der Waals surface area contributed by atoms with E-state index in [-0.39, 0.29) is 11.6 Å². The van der Waals surface area contributed by atoms with Gasteiger partial charge in [0.2, 0.25) is 0 Å². The van der Waals surface area contributed by atoms with Crippen molar-refractivity contribution >= 4 is 11.6 Å². The third kappa shape index (κ3) is 2.23. The van der Waals surface area contributed by atoms with Crippen LogP contribution in [0.2, 0.25) is 0 Å². The molecule has 3 rings (SSSR count). The monoisotopic (exact) mass is 276 g/mol. The summed E-state index contributed by atoms with van der Waals surface area (Å²) >= 11 is 0. The number of carbonyl (C=O) groups excluding carboxylic acids is 2. The van der Waals surface area contributed by atoms with Gasteiger partial charge in [0.15, 0.2) is 11.6 Å². The highest BCUT2D eigenvalue weighted by Crippen LogP contribution is 2.28. The van der Waals surface area contributed by atoms with Crippen molar-refractivity contribution in [3.8, 4) is 0 Å². The normalized spacial score (nSPS) is 14.4. The molecule has 0 radical (unpaired) electrons. The van der Waals surface area contributed by atoms with Crippen molar-refractivity contribution in [2.24, 2.45) is 0 Å². The summed E-state index contributed by atoms with van der Waals surface area (Å²) in [7, 11) is 0. The SMILES string of the molecule is CC1=C(Cc2ccccc2C)C(=O)c2ccccc2C1=O. The molecule has 2 heteroatoms. The zero-order valence-corrected chi connectivity index (χ0v) is 12.1. The molecule has 104 valence electrons. The molecule has 0 N–H and O–H groups in total. The van der Waals surface area contributed by atoms with Crippen LogP contribution in [0, 0.1) is 6.92 Å². The summed E-state index contributed by atoms with van der Waals surface area (Å²) in [5.74, 6) is -0.0558. The number of hydrogen-bond acceptors (Lipinski definition) is 2. The molecule has 0 aliphatic heterocycles. The quantitative estimate of drug-likeness (QED) is 0.832. The molecule has 0 spiro atoms. The first-order chi connectivity index (χ1) is 10.1. The molecule has 0 heterocycles. The fourth-order valence-corrected chi connectivity index (χ4v) is 2.76. The smallest absolute Gasteiger partial charge is 0.190 e. The van der Waals surface area contributed by atoms with Gasteiger partial charge in [-0.2, -0.15) is 0 Å². The number of allylic oxidation sites excluding steroid dienone is 2. The van der Waals surface area contributed by atoms with Gasteiger partial charge < -0.3 is 0 Å². The highest BCUT2D eigenvalue weighted by molar-refractivity contribution is 6.26. The van der Waals surface area contributed by atoms with E-state index in [0.717, 1.165) is 11.1 Å². The zero-order valence-electron chi connectivity index (χ0n) is 12.1. The average molecular weight is 276 g/mol. The molecule has 0 saturated heterocycles. The van der Waals surface area contributed by atoms with Crippen LogP contribution >= 0.6 is 0 Å². The largest absolute Gasteiger partial charge is 0.289 e. The maximum Gasteiger partial charge on any atom is 0.190 e. The summed E-state index contributed by atoms with van der Waals surface area (Å²) < 4.78 is 0. The fourth-order valence-electron chi connectivity index (χ4n) is 2.76. The first-order valence-corrected chi connectivity index (χ1v) is 7.02. The van der Waals surface area contributed by atoms with Gasteiger partial charge in [0.1, 0.15) is 0 Å². The van der Waals surface area contributed by atoms with Crippen LogP contribution in [-0.4, -0.2) is 11.6 Å². The van der Waals surface area contributed by atoms with Crippen LogP contribution in [0.3, 0.4) is 0 Å². The van der Waals surface area contributed by atoms with Gasteiger partial charge >= 0.3 is 0 Å². The van der Waals surface area contributed by atoms with Gasteiger partial charge in [-0.3, -0.25) is 9.59 Å². The highest BCUT2D eigenvalue weighted by atomic mass is 16.1. The number of benzene rings is 2. The molecule has 2 aromatic rings. The summed E-state index contributed by atoms with van der Waals surface area (Å²) in [5, 5.41) is 0. The standard InChI is InChI=1S/C19H16O2/c1-12-7-3-4-8-14(12)11-17-13(2)18(20)15-9-5-6-10-16(15)19(17)21/h3-10H,11H2,1-2H3. The Labute approximate surface area is 124 Å². The lowest BCUT2D eigenvalue weighted by molar-refractivity contribution is 0.0973. The van der Waals surface area contributed by atoms with E-state index in [1.54, 1.807) is 31.2 Å². The highest BCUT2D eigenvalue weighted by Gasteiger charge is 2.29. The Kier molecular flexibility index (Phi) is 3.30. The van der Waals surface area contributed by atoms with Gasteiger partial charge in [0.05, 0.1) is 0 Å². The molecule has 2 aromatic carbocycles. The molecule has 0 amide bonds. The third-order valence-corrected chi connectivity index (χ3v) is 4.11. The number of ketones is 2. The van der Waals surface area contributed by atoms with Crippen LogP contribution in [0.5, 0.6) is 0 Å². The Morgan fingerprint density at radius 1 is 0.762 bits per heavy atom. The van der Waals surface area contributed by atoms with E-state index < -0.39 is 0 Å². The molecule has 0 fully saturated rings. The summed E-state index contributed by atoms with van der Waals surface area (Å²) in [6, 6.07) is 15.0. The second-order valence-corrected chi connectivity index (χ2v) is 5.41. The minimum atomic E-state index is -0.0335. The van der Waals surface area contributed by atoms with E-state index in [2.05, 4.69) is 0 Å². The van der Waals surface area contributed by atoms with Gasteiger partial charge in [-0.05, 0) is 25.0 Å². The molecule has 0 atom stereocenters. The summed E-state index contributed by atoms with van der Waals surface area (Å²) in [6.07, 6.45) is 0.511. The third-order valence-electron chi connectivity index (χ3n) is 4.11. The summed E-state index contributed by atoms with van der Waals surface area (Å²) in [6.45, 7) is 3.78. The average Bonchev–Trinajstić information content (AvgIpc) is 2.51. The lowest BCUT2D eigenvalue weighted by Gasteiger charge is -2.19. The number of hydrogen-bond donors (Lipinski definition) is 0. The van der Waals surface area contributed by atoms with E-state index in [0.29, 0.717) is 28.7 Å². The van der Waals surface area contributed by atoms with Crippen molar-refractivity contribution in [2.75, 3.05) is 0 Å². The molecule has 1 aliphatic rings. The van der Waals surface area contributed by atoms with E-state index in [1.165, 1.54) is 0 Å². The topological polar surface area (TPSA) is 34.1 Å². The summed E-state index contributed by atoms with van der Waals surface area (Å²) in [5.41, 5.74) is 4.46. The van der Waals surface area contributed by atoms with Crippen molar-refractivity contribution in [1.82, 2.24) is 0 Å². The molecule has 0 unspecified atom stereocenters. The lowest BCUT2D eigenvalue weighted by Crippen LogP contribution is -2.22. The van der Waals surface area contributed by atoms with Gasteiger partial charge in [0.25, 0.3) is 0 Å². The Bertz CT molecular complexity index is 782. The second-order valence-electron chi connectivity index (χ2n) is 5.41. The Hall–Kier alpha value is -2.48. The molecule has 0 bridgehead atoms. The molecule has 21 heavy (non-hydrogen) atoms. The van der Waals surface area contributed by atoms with Crippen molar-refractivity contribution < 1.29 is 9.59 Å². The van der Waals surface area contributed by atoms with E-state index in [1.807, 2.05) is 31.2 Å². The number of Topliss-reactive ketones (excluding diaryl/α,β-unsaturated/α-hetero) is 2. The number of carbonyl (C=O) groups is 2. The van der Waals surface area contributed by atoms with Crippen LogP contribution in [0.15, 0.2) is 59.7 Å². The molecule has 1 aliphatic carbocycles. The number of rotatable bonds is 2. The lowest BCUT2D eigenvalue weighted by atomic mass is 9.82. The number of fused-ring (bicyclic) bond motifs is 1. The van der Waals surface area contributed by atoms with Crippen LogP contribution < -0.4 is 0 Å². The van der Waals surface area contributed by atoms with Gasteiger partial charge in [-0.15, -0.1) is 0 Å². The van der Waals surface area contributed by atoms with Crippen molar-refractivity contribution in [3.05, 3.63) is 81.9 Å². The molecule has 0 saturated carbocycles. The van der Waals surface area contributed by atoms with Crippen molar-refractivity contribution in [2.45, 2.75) is 20.3 Å². The van der Waals surface area contributed by atoms with Crippen LogP contribution in [0.1, 0.15) is 38.8 Å². The summed E-state index contributed by atoms with van der Waals surface area (Å²) in [4.78, 5) is 25.1. The zero-order chi connectivity index (χ0) is 15.0. The number of aryl methyl sites for hydroxylation is 1. The maximum atomic E-state index is 12.7. The van der Waals surface area contributed by atoms with Gasteiger partial charge in [-0.25, -0.2) is 0 Å². The molecular weight excluding hydrogens is 260 g/mol. The van der Waals surface area contributed by atoms with E-state index in [9.17, 15) is 9.59 Å². The first-order valence-electron chi connectivity index (χ1n) is 7.02. The predicted octanol–water partition coefficient (Wildman–Crippen LogP) is 3.93. The maximum absolute atomic E-state index is 12.7. The minimum Gasteiger partial charge on any atom is -0.289 e. The Morgan fingerprint density at radius 3 is 2.00 bits per heavy atom. The molecule has 2 nitrogen and oxygen atoms in total. The van der Waals surface area contributed by atoms with Gasteiger partial charge in [0, 0.05) is 28.7 Å². The van der Waals surface area contributed by atoms with E-state index >= 15 is 0 Å². The Balaban J connectivity index is 2.07.